The van der Waals surface area contributed by atoms with Crippen LogP contribution in [0, 0.1) is 0 Å². The van der Waals surface area contributed by atoms with Gasteiger partial charge in [0.15, 0.2) is 5.78 Å². The van der Waals surface area contributed by atoms with Crippen LogP contribution in [-0.2, 0) is 4.79 Å². The van der Waals surface area contributed by atoms with Crippen LogP contribution in [0.3, 0.4) is 0 Å². The van der Waals surface area contributed by atoms with Gasteiger partial charge in [0.05, 0.1) is 10.9 Å². The van der Waals surface area contributed by atoms with Gasteiger partial charge < -0.3 is 5.32 Å². The van der Waals surface area contributed by atoms with Gasteiger partial charge in [-0.05, 0) is 37.6 Å². The number of ketones is 1. The van der Waals surface area contributed by atoms with E-state index in [0.29, 0.717) is 5.02 Å². The molecule has 0 aliphatic carbocycles. The van der Waals surface area contributed by atoms with Crippen LogP contribution in [0.25, 0.3) is 0 Å². The van der Waals surface area contributed by atoms with Crippen molar-refractivity contribution in [3.05, 3.63) is 70.4 Å². The van der Waals surface area contributed by atoms with Crippen LogP contribution in [-0.4, -0.2) is 5.78 Å². The van der Waals surface area contributed by atoms with Gasteiger partial charge >= 0.3 is 0 Å². The Morgan fingerprint density at radius 3 is 2.59 bits per heavy atom. The molecule has 0 saturated heterocycles. The minimum atomic E-state index is -0.0198. The van der Waals surface area contributed by atoms with Gasteiger partial charge in [0.1, 0.15) is 0 Å². The number of carbonyl (C=O) groups excluding carboxylic acids is 1. The van der Waals surface area contributed by atoms with Gasteiger partial charge in [-0.2, -0.15) is 0 Å². The normalized spacial score (nSPS) is 17.5. The SMILES string of the molecule is CC(=O)C1=C(C)Nc2cc(Cl)ccc2SC1c1ccccc1. The largest absolute Gasteiger partial charge is 0.358 e. The van der Waals surface area contributed by atoms with Crippen molar-refractivity contribution in [2.45, 2.75) is 24.0 Å². The van der Waals surface area contributed by atoms with Crippen molar-refractivity contribution in [1.29, 1.82) is 0 Å². The van der Waals surface area contributed by atoms with Gasteiger partial charge in [-0.1, -0.05) is 41.9 Å². The number of carbonyl (C=O) groups is 1. The topological polar surface area (TPSA) is 29.1 Å². The number of anilines is 1. The maximum Gasteiger partial charge on any atom is 0.159 e. The highest BCUT2D eigenvalue weighted by Gasteiger charge is 2.27. The zero-order valence-electron chi connectivity index (χ0n) is 12.4. The van der Waals surface area contributed by atoms with E-state index >= 15 is 0 Å². The van der Waals surface area contributed by atoms with Crippen molar-refractivity contribution in [3.63, 3.8) is 0 Å². The van der Waals surface area contributed by atoms with E-state index in [1.54, 1.807) is 18.7 Å². The second-order valence-electron chi connectivity index (χ2n) is 5.27. The van der Waals surface area contributed by atoms with Gasteiger partial charge in [0, 0.05) is 21.2 Å². The number of nitrogens with one attached hydrogen (secondary N) is 1. The number of rotatable bonds is 2. The van der Waals surface area contributed by atoms with Crippen LogP contribution in [0.5, 0.6) is 0 Å². The Balaban J connectivity index is 2.15. The molecule has 1 heterocycles. The number of halogens is 1. The van der Waals surface area contributed by atoms with E-state index in [9.17, 15) is 4.79 Å². The van der Waals surface area contributed by atoms with Crippen molar-refractivity contribution in [2.75, 3.05) is 5.32 Å². The third-order valence-corrected chi connectivity index (χ3v) is 5.25. The Hall–Kier alpha value is -1.71. The van der Waals surface area contributed by atoms with Crippen LogP contribution in [0.1, 0.15) is 24.7 Å². The van der Waals surface area contributed by atoms with Gasteiger partial charge in [-0.25, -0.2) is 0 Å². The van der Waals surface area contributed by atoms with Crippen LogP contribution in [0.2, 0.25) is 5.02 Å². The van der Waals surface area contributed by atoms with E-state index in [1.165, 1.54) is 0 Å². The Labute approximate surface area is 139 Å². The Kier molecular flexibility index (Phi) is 4.27. The van der Waals surface area contributed by atoms with Crippen LogP contribution < -0.4 is 5.32 Å². The lowest BCUT2D eigenvalue weighted by Crippen LogP contribution is -2.10. The fourth-order valence-corrected chi connectivity index (χ4v) is 4.23. The maximum atomic E-state index is 12.2. The maximum absolute atomic E-state index is 12.2. The fourth-order valence-electron chi connectivity index (χ4n) is 2.67. The Morgan fingerprint density at radius 2 is 1.91 bits per heavy atom. The molecule has 0 spiro atoms. The molecule has 22 heavy (non-hydrogen) atoms. The van der Waals surface area contributed by atoms with Crippen molar-refractivity contribution in [3.8, 4) is 0 Å². The summed E-state index contributed by atoms with van der Waals surface area (Å²) >= 11 is 7.78. The highest BCUT2D eigenvalue weighted by molar-refractivity contribution is 8.00. The summed E-state index contributed by atoms with van der Waals surface area (Å²) in [4.78, 5) is 13.3. The molecule has 1 atom stereocenters. The predicted octanol–water partition coefficient (Wildman–Crippen LogP) is 5.46. The van der Waals surface area contributed by atoms with Crippen molar-refractivity contribution in [2.24, 2.45) is 0 Å². The summed E-state index contributed by atoms with van der Waals surface area (Å²) in [5.74, 6) is 0.0882. The molecule has 2 aromatic rings. The standard InChI is InChI=1S/C18H16ClNOS/c1-11-17(12(2)21)18(13-6-4-3-5-7-13)22-16-9-8-14(19)10-15(16)20-11/h3-10,18,20H,1-2H3. The van der Waals surface area contributed by atoms with E-state index in [-0.39, 0.29) is 11.0 Å². The summed E-state index contributed by atoms with van der Waals surface area (Å²) in [7, 11) is 0. The molecule has 4 heteroatoms. The number of allylic oxidation sites excluding steroid dienone is 1. The number of benzene rings is 2. The van der Waals surface area contributed by atoms with Gasteiger partial charge in [0.25, 0.3) is 0 Å². The molecule has 0 saturated carbocycles. The molecule has 0 amide bonds. The fraction of sp³-hybridized carbons (Fsp3) is 0.167. The highest BCUT2D eigenvalue weighted by Crippen LogP contribution is 2.47. The molecule has 2 aromatic carbocycles. The van der Waals surface area contributed by atoms with Gasteiger partial charge in [0.2, 0.25) is 0 Å². The average Bonchev–Trinajstić information content (AvgIpc) is 2.63. The second kappa shape index (κ2) is 6.19. The molecule has 0 aromatic heterocycles. The molecule has 1 unspecified atom stereocenters. The van der Waals surface area contributed by atoms with E-state index in [0.717, 1.165) is 27.4 Å². The monoisotopic (exact) mass is 329 g/mol. The van der Waals surface area contributed by atoms with E-state index in [4.69, 9.17) is 11.6 Å². The van der Waals surface area contributed by atoms with Crippen molar-refractivity contribution < 1.29 is 4.79 Å². The first-order chi connectivity index (χ1) is 10.6. The van der Waals surface area contributed by atoms with E-state index in [2.05, 4.69) is 17.4 Å². The Morgan fingerprint density at radius 1 is 1.18 bits per heavy atom. The number of Topliss-reactive ketones (excluding diaryl/α,β-unsaturated/α-hetero) is 1. The van der Waals surface area contributed by atoms with Crippen LogP contribution in [0.15, 0.2) is 64.7 Å². The first kappa shape index (κ1) is 15.2. The lowest BCUT2D eigenvalue weighted by Gasteiger charge is -2.18. The summed E-state index contributed by atoms with van der Waals surface area (Å²) in [5, 5.41) is 4.01. The molecule has 112 valence electrons. The first-order valence-corrected chi connectivity index (χ1v) is 8.32. The highest BCUT2D eigenvalue weighted by atomic mass is 35.5. The summed E-state index contributed by atoms with van der Waals surface area (Å²) in [6, 6.07) is 15.9. The molecule has 1 N–H and O–H groups in total. The molecule has 0 bridgehead atoms. The third kappa shape index (κ3) is 2.92. The van der Waals surface area contributed by atoms with Gasteiger partial charge in [-0.3, -0.25) is 4.79 Å². The van der Waals surface area contributed by atoms with E-state index < -0.39 is 0 Å². The molecule has 3 rings (SSSR count). The summed E-state index contributed by atoms with van der Waals surface area (Å²) < 4.78 is 0. The molecule has 1 aliphatic heterocycles. The molecular weight excluding hydrogens is 314 g/mol. The first-order valence-electron chi connectivity index (χ1n) is 7.06. The third-order valence-electron chi connectivity index (χ3n) is 3.66. The summed E-state index contributed by atoms with van der Waals surface area (Å²) in [5.41, 5.74) is 3.77. The zero-order chi connectivity index (χ0) is 15.7. The smallest absolute Gasteiger partial charge is 0.159 e. The van der Waals surface area contributed by atoms with Crippen LogP contribution in [0.4, 0.5) is 5.69 Å². The Bertz CT molecular complexity index is 755. The number of fused-ring (bicyclic) bond motifs is 1. The minimum absolute atomic E-state index is 0.0198. The molecule has 1 aliphatic rings. The van der Waals surface area contributed by atoms with E-state index in [1.807, 2.05) is 43.3 Å². The van der Waals surface area contributed by atoms with Crippen molar-refractivity contribution in [1.82, 2.24) is 0 Å². The molecule has 2 nitrogen and oxygen atoms in total. The van der Waals surface area contributed by atoms with Crippen molar-refractivity contribution >= 4 is 34.8 Å². The number of hydrogen-bond donors (Lipinski definition) is 1. The summed E-state index contributed by atoms with van der Waals surface area (Å²) in [6.07, 6.45) is 0. The molecule has 0 fully saturated rings. The second-order valence-corrected chi connectivity index (χ2v) is 6.85. The summed E-state index contributed by atoms with van der Waals surface area (Å²) in [6.45, 7) is 3.57. The lowest BCUT2D eigenvalue weighted by atomic mass is 10.00. The van der Waals surface area contributed by atoms with Crippen LogP contribution >= 0.6 is 23.4 Å². The molecular formula is C18H16ClNOS. The van der Waals surface area contributed by atoms with Gasteiger partial charge in [-0.15, -0.1) is 11.8 Å². The number of hydrogen-bond acceptors (Lipinski definition) is 3. The minimum Gasteiger partial charge on any atom is -0.358 e. The lowest BCUT2D eigenvalue weighted by molar-refractivity contribution is -0.113. The molecule has 0 radical (unpaired) electrons. The predicted molar refractivity (Wildman–Crippen MR) is 93.5 cm³/mol. The quantitative estimate of drug-likeness (QED) is 0.793. The average molecular weight is 330 g/mol. The number of thioether (sulfide) groups is 1. The zero-order valence-corrected chi connectivity index (χ0v) is 14.0.